The van der Waals surface area contributed by atoms with Gasteiger partial charge in [0.2, 0.25) is 0 Å². The van der Waals surface area contributed by atoms with Crippen molar-refractivity contribution in [3.63, 3.8) is 0 Å². The highest BCUT2D eigenvalue weighted by Crippen LogP contribution is 2.31. The van der Waals surface area contributed by atoms with E-state index in [1.807, 2.05) is 12.3 Å². The number of hydrogen-bond donors (Lipinski definition) is 1. The van der Waals surface area contributed by atoms with E-state index >= 15 is 0 Å². The molecule has 1 rings (SSSR count). The Balaban J connectivity index is 2.77. The topological polar surface area (TPSA) is 24.9 Å². The highest BCUT2D eigenvalue weighted by Gasteiger charge is 2.25. The van der Waals surface area contributed by atoms with E-state index in [0.717, 1.165) is 16.6 Å². The molecule has 1 aromatic heterocycles. The molecule has 1 aromatic rings. The minimum absolute atomic E-state index is 0.0716. The fourth-order valence-corrected chi connectivity index (χ4v) is 2.56. The molecule has 0 aliphatic carbocycles. The van der Waals surface area contributed by atoms with Crippen molar-refractivity contribution in [3.8, 4) is 0 Å². The standard InChI is InChI=1S/C13H21BrN2/c1-12(2,3)9-13(4,5)16-11-6-7-15-8-10(11)14/h6-8H,9H2,1-5H3,(H,15,16). The van der Waals surface area contributed by atoms with Gasteiger partial charge in [-0.25, -0.2) is 0 Å². The summed E-state index contributed by atoms with van der Waals surface area (Å²) in [6, 6.07) is 1.99. The number of rotatable bonds is 3. The van der Waals surface area contributed by atoms with E-state index in [9.17, 15) is 0 Å². The van der Waals surface area contributed by atoms with Crippen molar-refractivity contribution < 1.29 is 0 Å². The van der Waals surface area contributed by atoms with Crippen molar-refractivity contribution in [1.29, 1.82) is 0 Å². The smallest absolute Gasteiger partial charge is 0.0590 e. The molecule has 0 aliphatic rings. The monoisotopic (exact) mass is 284 g/mol. The Bertz CT molecular complexity index is 353. The normalized spacial score (nSPS) is 12.6. The van der Waals surface area contributed by atoms with Gasteiger partial charge in [0, 0.05) is 17.9 Å². The first-order valence-corrected chi connectivity index (χ1v) is 6.37. The van der Waals surface area contributed by atoms with E-state index < -0.39 is 0 Å². The number of anilines is 1. The highest BCUT2D eigenvalue weighted by molar-refractivity contribution is 9.10. The van der Waals surface area contributed by atoms with Gasteiger partial charge in [-0.05, 0) is 47.7 Å². The zero-order valence-electron chi connectivity index (χ0n) is 10.8. The molecule has 0 spiro atoms. The van der Waals surface area contributed by atoms with Crippen molar-refractivity contribution in [3.05, 3.63) is 22.9 Å². The summed E-state index contributed by atoms with van der Waals surface area (Å²) >= 11 is 3.50. The maximum Gasteiger partial charge on any atom is 0.0590 e. The predicted molar refractivity (Wildman–Crippen MR) is 73.7 cm³/mol. The molecule has 0 aliphatic heterocycles. The Morgan fingerprint density at radius 2 is 1.88 bits per heavy atom. The Morgan fingerprint density at radius 1 is 1.25 bits per heavy atom. The molecule has 2 nitrogen and oxygen atoms in total. The molecule has 0 radical (unpaired) electrons. The van der Waals surface area contributed by atoms with Crippen LogP contribution in [-0.4, -0.2) is 10.5 Å². The molecule has 0 unspecified atom stereocenters. The van der Waals surface area contributed by atoms with Crippen LogP contribution in [0.4, 0.5) is 5.69 Å². The van der Waals surface area contributed by atoms with Gasteiger partial charge in [0.05, 0.1) is 10.2 Å². The zero-order valence-corrected chi connectivity index (χ0v) is 12.4. The van der Waals surface area contributed by atoms with E-state index in [1.165, 1.54) is 0 Å². The summed E-state index contributed by atoms with van der Waals surface area (Å²) in [4.78, 5) is 4.06. The molecule has 3 heteroatoms. The summed E-state index contributed by atoms with van der Waals surface area (Å²) in [5, 5.41) is 3.56. The van der Waals surface area contributed by atoms with E-state index in [1.54, 1.807) is 6.20 Å². The van der Waals surface area contributed by atoms with Crippen LogP contribution in [0.2, 0.25) is 0 Å². The lowest BCUT2D eigenvalue weighted by atomic mass is 9.81. The van der Waals surface area contributed by atoms with Crippen LogP contribution in [0.1, 0.15) is 41.0 Å². The first-order chi connectivity index (χ1) is 7.20. The van der Waals surface area contributed by atoms with Crippen LogP contribution in [0, 0.1) is 5.41 Å². The molecular formula is C13H21BrN2. The van der Waals surface area contributed by atoms with Crippen LogP contribution in [0.5, 0.6) is 0 Å². The summed E-state index contributed by atoms with van der Waals surface area (Å²) in [6.07, 6.45) is 4.73. The maximum absolute atomic E-state index is 4.06. The lowest BCUT2D eigenvalue weighted by molar-refractivity contribution is 0.302. The molecule has 16 heavy (non-hydrogen) atoms. The largest absolute Gasteiger partial charge is 0.379 e. The molecule has 0 fully saturated rings. The molecule has 0 bridgehead atoms. The summed E-state index contributed by atoms with van der Waals surface area (Å²) in [5.41, 5.74) is 1.49. The lowest BCUT2D eigenvalue weighted by Crippen LogP contribution is -2.35. The lowest BCUT2D eigenvalue weighted by Gasteiger charge is -2.34. The second-order valence-corrected chi connectivity index (χ2v) is 6.96. The summed E-state index contributed by atoms with van der Waals surface area (Å²) in [6.45, 7) is 11.2. The molecule has 90 valence electrons. The van der Waals surface area contributed by atoms with Gasteiger partial charge >= 0.3 is 0 Å². The third-order valence-corrected chi connectivity index (χ3v) is 2.85. The molecule has 0 saturated carbocycles. The third-order valence-electron chi connectivity index (χ3n) is 2.22. The van der Waals surface area contributed by atoms with Crippen LogP contribution in [0.25, 0.3) is 0 Å². The maximum atomic E-state index is 4.06. The number of aromatic nitrogens is 1. The molecule has 1 N–H and O–H groups in total. The summed E-state index contributed by atoms with van der Waals surface area (Å²) in [5.74, 6) is 0. The molecule has 0 amide bonds. The fraction of sp³-hybridized carbons (Fsp3) is 0.615. The number of halogens is 1. The first kappa shape index (κ1) is 13.5. The van der Waals surface area contributed by atoms with E-state index in [-0.39, 0.29) is 5.54 Å². The Hall–Kier alpha value is -0.570. The molecule has 0 aromatic carbocycles. The Kier molecular flexibility index (Phi) is 4.00. The minimum Gasteiger partial charge on any atom is -0.379 e. The predicted octanol–water partition coefficient (Wildman–Crippen LogP) is 4.47. The van der Waals surface area contributed by atoms with Gasteiger partial charge in [0.25, 0.3) is 0 Å². The Morgan fingerprint density at radius 3 is 2.38 bits per heavy atom. The van der Waals surface area contributed by atoms with Crippen LogP contribution in [0.15, 0.2) is 22.9 Å². The van der Waals surface area contributed by atoms with E-state index in [4.69, 9.17) is 0 Å². The summed E-state index contributed by atoms with van der Waals surface area (Å²) < 4.78 is 1.01. The van der Waals surface area contributed by atoms with E-state index in [2.05, 4.69) is 60.8 Å². The van der Waals surface area contributed by atoms with Crippen molar-refractivity contribution in [2.45, 2.75) is 46.6 Å². The van der Waals surface area contributed by atoms with Gasteiger partial charge in [-0.1, -0.05) is 20.8 Å². The first-order valence-electron chi connectivity index (χ1n) is 5.57. The highest BCUT2D eigenvalue weighted by atomic mass is 79.9. The van der Waals surface area contributed by atoms with Gasteiger partial charge in [-0.2, -0.15) is 0 Å². The number of nitrogens with zero attached hydrogens (tertiary/aromatic N) is 1. The van der Waals surface area contributed by atoms with Crippen molar-refractivity contribution >= 4 is 21.6 Å². The van der Waals surface area contributed by atoms with Crippen molar-refractivity contribution in [2.24, 2.45) is 5.41 Å². The number of hydrogen-bond acceptors (Lipinski definition) is 2. The fourth-order valence-electron chi connectivity index (χ4n) is 2.21. The number of nitrogens with one attached hydrogen (secondary N) is 1. The van der Waals surface area contributed by atoms with E-state index in [0.29, 0.717) is 5.41 Å². The van der Waals surface area contributed by atoms with Gasteiger partial charge in [0.15, 0.2) is 0 Å². The minimum atomic E-state index is 0.0716. The van der Waals surface area contributed by atoms with Gasteiger partial charge in [0.1, 0.15) is 0 Å². The van der Waals surface area contributed by atoms with Crippen molar-refractivity contribution in [2.75, 3.05) is 5.32 Å². The van der Waals surface area contributed by atoms with Crippen LogP contribution in [-0.2, 0) is 0 Å². The van der Waals surface area contributed by atoms with Gasteiger partial charge in [-0.3, -0.25) is 4.98 Å². The second-order valence-electron chi connectivity index (χ2n) is 6.10. The molecule has 0 saturated heterocycles. The van der Waals surface area contributed by atoms with Crippen LogP contribution in [0.3, 0.4) is 0 Å². The zero-order chi connectivity index (χ0) is 12.4. The number of pyridine rings is 1. The third kappa shape index (κ3) is 4.52. The average Bonchev–Trinajstić information content (AvgIpc) is 2.04. The van der Waals surface area contributed by atoms with Gasteiger partial charge in [-0.15, -0.1) is 0 Å². The van der Waals surface area contributed by atoms with Crippen LogP contribution >= 0.6 is 15.9 Å². The molecule has 0 atom stereocenters. The SMILES string of the molecule is CC(C)(C)CC(C)(C)Nc1ccncc1Br. The summed E-state index contributed by atoms with van der Waals surface area (Å²) in [7, 11) is 0. The van der Waals surface area contributed by atoms with Crippen molar-refractivity contribution in [1.82, 2.24) is 4.98 Å². The Labute approximate surface area is 107 Å². The second kappa shape index (κ2) is 4.74. The van der Waals surface area contributed by atoms with Crippen LogP contribution < -0.4 is 5.32 Å². The average molecular weight is 285 g/mol. The van der Waals surface area contributed by atoms with Gasteiger partial charge < -0.3 is 5.32 Å². The molecule has 1 heterocycles. The quantitative estimate of drug-likeness (QED) is 0.886. The molecular weight excluding hydrogens is 264 g/mol.